The van der Waals surface area contributed by atoms with Crippen LogP contribution in [0.15, 0.2) is 6.07 Å². The van der Waals surface area contributed by atoms with E-state index in [9.17, 15) is 4.79 Å². The van der Waals surface area contributed by atoms with Crippen LogP contribution in [0.1, 0.15) is 17.3 Å². The number of nitrogens with one attached hydrogen (secondary N) is 1. The number of nitrogens with zero attached hydrogens (tertiary/aromatic N) is 6. The zero-order valence-electron chi connectivity index (χ0n) is 15.2. The smallest absolute Gasteiger partial charge is 0.239 e. The number of ether oxygens (including phenoxy) is 1. The van der Waals surface area contributed by atoms with Crippen LogP contribution in [0.4, 0.5) is 5.82 Å². The summed E-state index contributed by atoms with van der Waals surface area (Å²) < 4.78 is 9.36. The summed E-state index contributed by atoms with van der Waals surface area (Å²) in [5.41, 5.74) is 0.878. The number of aromatic nitrogens is 5. The second-order valence-corrected chi connectivity index (χ2v) is 6.46. The van der Waals surface area contributed by atoms with Crippen LogP contribution in [0, 0.1) is 20.8 Å². The highest BCUT2D eigenvalue weighted by molar-refractivity contribution is 5.91. The van der Waals surface area contributed by atoms with Crippen molar-refractivity contribution in [1.82, 2.24) is 29.4 Å². The quantitative estimate of drug-likeness (QED) is 0.835. The number of carbonyl (C=O) groups excluding carboxylic acids is 1. The average molecular weight is 347 g/mol. The molecule has 0 unspecified atom stereocenters. The lowest BCUT2D eigenvalue weighted by atomic mass is 10.2. The first kappa shape index (κ1) is 17.6. The van der Waals surface area contributed by atoms with Gasteiger partial charge in [-0.15, -0.1) is 0 Å². The van der Waals surface area contributed by atoms with Crippen molar-refractivity contribution in [2.45, 2.75) is 33.4 Å². The Balaban J connectivity index is 1.53. The van der Waals surface area contributed by atoms with Crippen molar-refractivity contribution in [3.8, 4) is 0 Å². The zero-order chi connectivity index (χ0) is 18.0. The molecule has 0 saturated carbocycles. The molecule has 136 valence electrons. The maximum Gasteiger partial charge on any atom is 0.239 e. The minimum atomic E-state index is -0.0450. The first-order valence-electron chi connectivity index (χ1n) is 8.43. The van der Waals surface area contributed by atoms with Crippen LogP contribution in [0.3, 0.4) is 0 Å². The largest absolute Gasteiger partial charge is 0.374 e. The molecule has 25 heavy (non-hydrogen) atoms. The van der Waals surface area contributed by atoms with Crippen molar-refractivity contribution in [2.24, 2.45) is 7.05 Å². The van der Waals surface area contributed by atoms with Crippen molar-refractivity contribution in [1.29, 1.82) is 0 Å². The van der Waals surface area contributed by atoms with Gasteiger partial charge in [0.2, 0.25) is 5.91 Å². The Morgan fingerprint density at radius 2 is 2.16 bits per heavy atom. The Morgan fingerprint density at radius 3 is 2.80 bits per heavy atom. The highest BCUT2D eigenvalue weighted by Gasteiger charge is 2.23. The fourth-order valence-corrected chi connectivity index (χ4v) is 3.07. The number of carbonyl (C=O) groups is 1. The molecule has 0 aromatic carbocycles. The minimum absolute atomic E-state index is 0.000275. The van der Waals surface area contributed by atoms with Crippen LogP contribution < -0.4 is 5.32 Å². The maximum atomic E-state index is 12.3. The van der Waals surface area contributed by atoms with Gasteiger partial charge in [-0.05, 0) is 20.8 Å². The third kappa shape index (κ3) is 4.43. The summed E-state index contributed by atoms with van der Waals surface area (Å²) in [6, 6.07) is 1.86. The van der Waals surface area contributed by atoms with E-state index in [0.29, 0.717) is 32.1 Å². The summed E-state index contributed by atoms with van der Waals surface area (Å²) in [5, 5.41) is 11.5. The summed E-state index contributed by atoms with van der Waals surface area (Å²) in [4.78, 5) is 18.7. The summed E-state index contributed by atoms with van der Waals surface area (Å²) in [7, 11) is 1.82. The van der Waals surface area contributed by atoms with E-state index < -0.39 is 0 Å². The SMILES string of the molecule is Cc1cc(NC(=O)CN2CCO[C@@H](Cn3nc(C)nc3C)C2)n(C)n1. The summed E-state index contributed by atoms with van der Waals surface area (Å²) >= 11 is 0. The number of aryl methyl sites for hydroxylation is 4. The van der Waals surface area contributed by atoms with Gasteiger partial charge >= 0.3 is 0 Å². The molecule has 9 heteroatoms. The predicted molar refractivity (Wildman–Crippen MR) is 92.3 cm³/mol. The minimum Gasteiger partial charge on any atom is -0.374 e. The van der Waals surface area contributed by atoms with Crippen LogP contribution in [-0.4, -0.2) is 67.7 Å². The molecular weight excluding hydrogens is 322 g/mol. The van der Waals surface area contributed by atoms with Gasteiger partial charge in [-0.2, -0.15) is 10.2 Å². The van der Waals surface area contributed by atoms with E-state index in [1.54, 1.807) is 4.68 Å². The molecule has 0 bridgehead atoms. The van der Waals surface area contributed by atoms with E-state index in [2.05, 4.69) is 25.4 Å². The topological polar surface area (TPSA) is 90.1 Å². The molecule has 1 atom stereocenters. The highest BCUT2D eigenvalue weighted by Crippen LogP contribution is 2.11. The van der Waals surface area contributed by atoms with Gasteiger partial charge in [-0.25, -0.2) is 9.67 Å². The van der Waals surface area contributed by atoms with E-state index in [-0.39, 0.29) is 12.0 Å². The fraction of sp³-hybridized carbons (Fsp3) is 0.625. The number of rotatable bonds is 5. The van der Waals surface area contributed by atoms with Crippen LogP contribution in [-0.2, 0) is 23.1 Å². The van der Waals surface area contributed by atoms with Crippen LogP contribution in [0.2, 0.25) is 0 Å². The molecule has 1 fully saturated rings. The first-order valence-corrected chi connectivity index (χ1v) is 8.43. The Morgan fingerprint density at radius 1 is 1.36 bits per heavy atom. The van der Waals surface area contributed by atoms with Crippen molar-refractivity contribution in [3.05, 3.63) is 23.4 Å². The predicted octanol–water partition coefficient (Wildman–Crippen LogP) is 0.276. The summed E-state index contributed by atoms with van der Waals surface area (Å²) in [6.07, 6.45) is 0.000275. The second-order valence-electron chi connectivity index (χ2n) is 6.46. The molecule has 0 spiro atoms. The highest BCUT2D eigenvalue weighted by atomic mass is 16.5. The molecule has 0 aliphatic carbocycles. The number of hydrogen-bond donors (Lipinski definition) is 1. The van der Waals surface area contributed by atoms with E-state index in [4.69, 9.17) is 4.74 Å². The number of hydrogen-bond acceptors (Lipinski definition) is 6. The Hall–Kier alpha value is -2.26. The Bertz CT molecular complexity index is 752. The lowest BCUT2D eigenvalue weighted by Gasteiger charge is -2.32. The molecular formula is C16H25N7O2. The molecule has 1 aliphatic rings. The lowest BCUT2D eigenvalue weighted by molar-refractivity contribution is -0.119. The van der Waals surface area contributed by atoms with E-state index >= 15 is 0 Å². The van der Waals surface area contributed by atoms with E-state index in [1.807, 2.05) is 38.6 Å². The van der Waals surface area contributed by atoms with Crippen molar-refractivity contribution in [3.63, 3.8) is 0 Å². The monoisotopic (exact) mass is 347 g/mol. The number of morpholine rings is 1. The third-order valence-electron chi connectivity index (χ3n) is 4.20. The van der Waals surface area contributed by atoms with Gasteiger partial charge in [0, 0.05) is 26.2 Å². The van der Waals surface area contributed by atoms with E-state index in [0.717, 1.165) is 23.9 Å². The van der Waals surface area contributed by atoms with Crippen LogP contribution >= 0.6 is 0 Å². The summed E-state index contributed by atoms with van der Waals surface area (Å²) in [6.45, 7) is 8.72. The molecule has 3 rings (SSSR count). The van der Waals surface area contributed by atoms with Gasteiger partial charge < -0.3 is 10.1 Å². The average Bonchev–Trinajstić information content (AvgIpc) is 3.00. The van der Waals surface area contributed by atoms with Gasteiger partial charge in [0.1, 0.15) is 17.5 Å². The molecule has 1 saturated heterocycles. The molecule has 2 aromatic rings. The number of amides is 1. The molecule has 1 N–H and O–H groups in total. The maximum absolute atomic E-state index is 12.3. The number of anilines is 1. The summed E-state index contributed by atoms with van der Waals surface area (Å²) in [5.74, 6) is 2.30. The van der Waals surface area contributed by atoms with Crippen LogP contribution in [0.5, 0.6) is 0 Å². The molecule has 0 radical (unpaired) electrons. The Kier molecular flexibility index (Phi) is 5.14. The fourth-order valence-electron chi connectivity index (χ4n) is 3.07. The van der Waals surface area contributed by atoms with E-state index in [1.165, 1.54) is 0 Å². The third-order valence-corrected chi connectivity index (χ3v) is 4.20. The van der Waals surface area contributed by atoms with Gasteiger partial charge in [0.25, 0.3) is 0 Å². The van der Waals surface area contributed by atoms with Gasteiger partial charge in [-0.1, -0.05) is 0 Å². The van der Waals surface area contributed by atoms with Gasteiger partial charge in [-0.3, -0.25) is 14.4 Å². The van der Waals surface area contributed by atoms with Crippen LogP contribution in [0.25, 0.3) is 0 Å². The first-order chi connectivity index (χ1) is 11.9. The van der Waals surface area contributed by atoms with Gasteiger partial charge in [0.15, 0.2) is 0 Å². The Labute approximate surface area is 147 Å². The zero-order valence-corrected chi connectivity index (χ0v) is 15.2. The molecule has 3 heterocycles. The van der Waals surface area contributed by atoms with Crippen molar-refractivity contribution >= 4 is 11.7 Å². The second kappa shape index (κ2) is 7.32. The van der Waals surface area contributed by atoms with Crippen molar-refractivity contribution < 1.29 is 9.53 Å². The molecule has 9 nitrogen and oxygen atoms in total. The lowest BCUT2D eigenvalue weighted by Crippen LogP contribution is -2.47. The molecule has 2 aromatic heterocycles. The molecule has 1 aliphatic heterocycles. The van der Waals surface area contributed by atoms with Gasteiger partial charge in [0.05, 0.1) is 31.5 Å². The van der Waals surface area contributed by atoms with Crippen molar-refractivity contribution in [2.75, 3.05) is 31.6 Å². The standard InChI is InChI=1S/C16H25N7O2/c1-11-7-15(21(4)19-11)18-16(24)10-22-5-6-25-14(8-22)9-23-13(3)17-12(2)20-23/h7,14H,5-6,8-10H2,1-4H3,(H,18,24)/t14-/m1/s1. The normalized spacial score (nSPS) is 18.5. The molecule has 1 amide bonds.